The minimum Gasteiger partial charge on any atom is -0.454 e. The van der Waals surface area contributed by atoms with Crippen molar-refractivity contribution >= 4 is 28.6 Å². The van der Waals surface area contributed by atoms with Gasteiger partial charge in [-0.2, -0.15) is 23.1 Å². The topological polar surface area (TPSA) is 89.2 Å². The number of ether oxygens (including phenoxy) is 1. The third-order valence-corrected chi connectivity index (χ3v) is 4.80. The molecule has 1 fully saturated rings. The fraction of sp³-hybridized carbons (Fsp3) is 0.412. The Morgan fingerprint density at radius 3 is 2.72 bits per heavy atom. The number of anilines is 1. The van der Waals surface area contributed by atoms with Crippen LogP contribution in [0.15, 0.2) is 24.3 Å². The van der Waals surface area contributed by atoms with E-state index in [4.69, 9.17) is 16.3 Å². The molecule has 0 bridgehead atoms. The maximum absolute atomic E-state index is 12.6. The average Bonchev–Trinajstić information content (AvgIpc) is 3.27. The Balaban J connectivity index is 1.75. The van der Waals surface area contributed by atoms with Gasteiger partial charge in [-0.3, -0.25) is 0 Å². The molecule has 1 aliphatic rings. The van der Waals surface area contributed by atoms with E-state index in [-0.39, 0.29) is 24.6 Å². The Hall–Kier alpha value is -2.66. The minimum atomic E-state index is -4.53. The molecular formula is C17H16ClF3N6O2. The summed E-state index contributed by atoms with van der Waals surface area (Å²) in [5.74, 6) is 0.272. The molecule has 1 aromatic carbocycles. The van der Waals surface area contributed by atoms with Crippen molar-refractivity contribution in [2.75, 3.05) is 24.6 Å². The molecule has 0 radical (unpaired) electrons. The quantitative estimate of drug-likeness (QED) is 0.667. The summed E-state index contributed by atoms with van der Waals surface area (Å²) >= 11 is 6.19. The van der Waals surface area contributed by atoms with Crippen molar-refractivity contribution in [3.8, 4) is 6.01 Å². The molecule has 8 nitrogen and oxygen atoms in total. The molecule has 1 saturated heterocycles. The van der Waals surface area contributed by atoms with Crippen LogP contribution in [0.2, 0.25) is 5.02 Å². The predicted octanol–water partition coefficient (Wildman–Crippen LogP) is 2.44. The molecular weight excluding hydrogens is 413 g/mol. The Morgan fingerprint density at radius 1 is 1.24 bits per heavy atom. The zero-order valence-corrected chi connectivity index (χ0v) is 15.7. The Labute approximate surface area is 167 Å². The van der Waals surface area contributed by atoms with E-state index in [1.165, 1.54) is 4.68 Å². The minimum absolute atomic E-state index is 0.216. The van der Waals surface area contributed by atoms with Crippen LogP contribution < -0.4 is 9.64 Å². The van der Waals surface area contributed by atoms with E-state index in [0.717, 1.165) is 5.56 Å². The number of halogens is 4. The van der Waals surface area contributed by atoms with Crippen molar-refractivity contribution in [3.05, 3.63) is 34.9 Å². The summed E-state index contributed by atoms with van der Waals surface area (Å²) in [5.41, 5.74) is 1.27. The first-order valence-corrected chi connectivity index (χ1v) is 9.15. The Bertz CT molecular complexity index is 1030. The van der Waals surface area contributed by atoms with E-state index in [9.17, 15) is 18.3 Å². The lowest BCUT2D eigenvalue weighted by molar-refractivity contribution is -0.154. The zero-order chi connectivity index (χ0) is 20.6. The largest absolute Gasteiger partial charge is 0.454 e. The van der Waals surface area contributed by atoms with Gasteiger partial charge in [-0.05, 0) is 18.1 Å². The van der Waals surface area contributed by atoms with Crippen molar-refractivity contribution in [1.29, 1.82) is 0 Å². The van der Waals surface area contributed by atoms with Crippen LogP contribution in [0.3, 0.4) is 0 Å². The number of aliphatic hydroxyl groups is 1. The van der Waals surface area contributed by atoms with Crippen molar-refractivity contribution < 1.29 is 23.0 Å². The summed E-state index contributed by atoms with van der Waals surface area (Å²) in [4.78, 5) is 9.91. The van der Waals surface area contributed by atoms with E-state index in [1.807, 2.05) is 6.07 Å². The first kappa shape index (κ1) is 19.6. The standard InChI is InChI=1S/C17H16ClF3N6O2/c18-12-4-2-1-3-10(12)7-27-15-13(24-25-27)14(26-6-5-11(28)8-26)22-16(23-15)29-9-17(19,20)21/h1-4,11,28H,5-9H2. The van der Waals surface area contributed by atoms with Gasteiger partial charge < -0.3 is 14.7 Å². The average molecular weight is 429 g/mol. The van der Waals surface area contributed by atoms with E-state index >= 15 is 0 Å². The summed E-state index contributed by atoms with van der Waals surface area (Å²) in [5, 5.41) is 18.5. The van der Waals surface area contributed by atoms with E-state index in [0.29, 0.717) is 23.5 Å². The monoisotopic (exact) mass is 428 g/mol. The van der Waals surface area contributed by atoms with Crippen LogP contribution in [0.5, 0.6) is 6.01 Å². The van der Waals surface area contributed by atoms with Crippen molar-refractivity contribution in [3.63, 3.8) is 0 Å². The second-order valence-electron chi connectivity index (χ2n) is 6.63. The lowest BCUT2D eigenvalue weighted by Gasteiger charge is -2.17. The number of aromatic nitrogens is 5. The van der Waals surface area contributed by atoms with E-state index < -0.39 is 24.9 Å². The molecule has 1 atom stereocenters. The highest BCUT2D eigenvalue weighted by Crippen LogP contribution is 2.29. The Morgan fingerprint density at radius 2 is 2.03 bits per heavy atom. The third-order valence-electron chi connectivity index (χ3n) is 4.43. The second-order valence-corrected chi connectivity index (χ2v) is 7.04. The van der Waals surface area contributed by atoms with Crippen molar-refractivity contribution in [2.45, 2.75) is 25.2 Å². The van der Waals surface area contributed by atoms with Crippen molar-refractivity contribution in [1.82, 2.24) is 25.0 Å². The summed E-state index contributed by atoms with van der Waals surface area (Å²) in [7, 11) is 0. The smallest absolute Gasteiger partial charge is 0.422 e. The van der Waals surface area contributed by atoms with Crippen LogP contribution in [0.4, 0.5) is 19.0 Å². The lowest BCUT2D eigenvalue weighted by atomic mass is 10.2. The summed E-state index contributed by atoms with van der Waals surface area (Å²) in [6.45, 7) is -0.549. The van der Waals surface area contributed by atoms with Gasteiger partial charge in [0.15, 0.2) is 23.6 Å². The predicted molar refractivity (Wildman–Crippen MR) is 98.1 cm³/mol. The van der Waals surface area contributed by atoms with Gasteiger partial charge >= 0.3 is 12.2 Å². The molecule has 1 aliphatic heterocycles. The van der Waals surface area contributed by atoms with Crippen molar-refractivity contribution in [2.24, 2.45) is 0 Å². The number of fused-ring (bicyclic) bond motifs is 1. The van der Waals surface area contributed by atoms with Crippen LogP contribution >= 0.6 is 11.6 Å². The maximum Gasteiger partial charge on any atom is 0.422 e. The van der Waals surface area contributed by atoms with Crippen LogP contribution in [-0.2, 0) is 6.54 Å². The molecule has 0 spiro atoms. The highest BCUT2D eigenvalue weighted by atomic mass is 35.5. The molecule has 2 aromatic heterocycles. The molecule has 0 saturated carbocycles. The molecule has 154 valence electrons. The number of β-amino-alcohol motifs (C(OH)–C–C–N with tert-alkyl or cyclic N) is 1. The molecule has 0 aliphatic carbocycles. The number of benzene rings is 1. The normalized spacial score (nSPS) is 17.3. The van der Waals surface area contributed by atoms with Gasteiger partial charge in [-0.15, -0.1) is 5.10 Å². The van der Waals surface area contributed by atoms with Gasteiger partial charge in [0.25, 0.3) is 0 Å². The molecule has 4 rings (SSSR count). The third kappa shape index (κ3) is 4.35. The first-order chi connectivity index (χ1) is 13.8. The summed E-state index contributed by atoms with van der Waals surface area (Å²) in [6.07, 6.45) is -4.58. The number of rotatable bonds is 5. The highest BCUT2D eigenvalue weighted by Gasteiger charge is 2.31. The lowest BCUT2D eigenvalue weighted by Crippen LogP contribution is -2.24. The number of hydrogen-bond donors (Lipinski definition) is 1. The van der Waals surface area contributed by atoms with Gasteiger partial charge in [0, 0.05) is 18.1 Å². The van der Waals surface area contributed by atoms with Crippen LogP contribution in [0, 0.1) is 0 Å². The number of alkyl halides is 3. The molecule has 0 amide bonds. The highest BCUT2D eigenvalue weighted by molar-refractivity contribution is 6.31. The molecule has 3 aromatic rings. The van der Waals surface area contributed by atoms with Gasteiger partial charge in [0.05, 0.1) is 12.6 Å². The van der Waals surface area contributed by atoms with E-state index in [2.05, 4.69) is 20.3 Å². The van der Waals surface area contributed by atoms with Gasteiger partial charge in [0.1, 0.15) is 0 Å². The van der Waals surface area contributed by atoms with Gasteiger partial charge in [-0.1, -0.05) is 35.0 Å². The summed E-state index contributed by atoms with van der Waals surface area (Å²) in [6, 6.07) is 6.68. The van der Waals surface area contributed by atoms with Crippen LogP contribution in [-0.4, -0.2) is 62.0 Å². The number of nitrogens with zero attached hydrogens (tertiary/aromatic N) is 6. The van der Waals surface area contributed by atoms with Crippen LogP contribution in [0.1, 0.15) is 12.0 Å². The van der Waals surface area contributed by atoms with Gasteiger partial charge in [-0.25, -0.2) is 4.68 Å². The van der Waals surface area contributed by atoms with E-state index in [1.54, 1.807) is 23.1 Å². The molecule has 29 heavy (non-hydrogen) atoms. The fourth-order valence-electron chi connectivity index (χ4n) is 3.08. The molecule has 1 N–H and O–H groups in total. The molecule has 3 heterocycles. The zero-order valence-electron chi connectivity index (χ0n) is 15.0. The SMILES string of the molecule is OC1CCN(c2nc(OCC(F)(F)F)nc3c2nnn3Cc2ccccc2Cl)C1. The van der Waals surface area contributed by atoms with Crippen LogP contribution in [0.25, 0.3) is 11.2 Å². The Kier molecular flexibility index (Phi) is 5.17. The maximum atomic E-state index is 12.6. The van der Waals surface area contributed by atoms with Gasteiger partial charge in [0.2, 0.25) is 0 Å². The second kappa shape index (κ2) is 7.64. The fourth-order valence-corrected chi connectivity index (χ4v) is 3.28. The summed E-state index contributed by atoms with van der Waals surface area (Å²) < 4.78 is 44.0. The number of hydrogen-bond acceptors (Lipinski definition) is 7. The molecule has 12 heteroatoms. The number of aliphatic hydroxyl groups excluding tert-OH is 1. The molecule has 1 unspecified atom stereocenters. The first-order valence-electron chi connectivity index (χ1n) is 8.77.